The predicted molar refractivity (Wildman–Crippen MR) is 55.5 cm³/mol. The Labute approximate surface area is 91.7 Å². The first-order valence-corrected chi connectivity index (χ1v) is 4.87. The summed E-state index contributed by atoms with van der Waals surface area (Å²) in [6.07, 6.45) is 4.70. The Bertz CT molecular complexity index is 510. The van der Waals surface area contributed by atoms with Gasteiger partial charge in [0, 0.05) is 11.6 Å². The van der Waals surface area contributed by atoms with Crippen molar-refractivity contribution < 1.29 is 9.53 Å². The van der Waals surface area contributed by atoms with E-state index in [1.165, 1.54) is 12.5 Å². The van der Waals surface area contributed by atoms with Crippen molar-refractivity contribution in [1.82, 2.24) is 20.2 Å². The third-order valence-electron chi connectivity index (χ3n) is 2.04. The molecule has 16 heavy (non-hydrogen) atoms. The molecule has 0 saturated heterocycles. The van der Waals surface area contributed by atoms with Crippen LogP contribution in [-0.4, -0.2) is 32.7 Å². The van der Waals surface area contributed by atoms with E-state index in [0.717, 1.165) is 10.9 Å². The fourth-order valence-corrected chi connectivity index (χ4v) is 1.36. The molecule has 2 aromatic heterocycles. The molecule has 0 aromatic carbocycles. The van der Waals surface area contributed by atoms with Crippen LogP contribution in [0.5, 0.6) is 0 Å². The van der Waals surface area contributed by atoms with Gasteiger partial charge in [-0.05, 0) is 12.5 Å². The maximum absolute atomic E-state index is 11.3. The van der Waals surface area contributed by atoms with Gasteiger partial charge >= 0.3 is 5.97 Å². The van der Waals surface area contributed by atoms with Gasteiger partial charge in [-0.2, -0.15) is 5.10 Å². The van der Waals surface area contributed by atoms with E-state index in [4.69, 9.17) is 4.74 Å². The maximum atomic E-state index is 11.3. The van der Waals surface area contributed by atoms with Gasteiger partial charge in [0.2, 0.25) is 0 Å². The average Bonchev–Trinajstić information content (AvgIpc) is 2.30. The second-order valence-corrected chi connectivity index (χ2v) is 3.11. The minimum absolute atomic E-state index is 0.160. The molecule has 0 radical (unpaired) electrons. The van der Waals surface area contributed by atoms with Crippen LogP contribution < -0.4 is 0 Å². The van der Waals surface area contributed by atoms with Crippen LogP contribution in [0.2, 0.25) is 0 Å². The minimum atomic E-state index is -0.291. The molecule has 0 aliphatic heterocycles. The highest BCUT2D eigenvalue weighted by Gasteiger charge is 2.09. The predicted octanol–water partition coefficient (Wildman–Crippen LogP) is 0.525. The van der Waals surface area contributed by atoms with Crippen LogP contribution in [0.1, 0.15) is 12.5 Å². The third kappa shape index (κ3) is 2.10. The summed E-state index contributed by atoms with van der Waals surface area (Å²) in [5.41, 5.74) is 1.21. The van der Waals surface area contributed by atoms with E-state index in [1.54, 1.807) is 13.1 Å². The first kappa shape index (κ1) is 10.4. The van der Waals surface area contributed by atoms with Gasteiger partial charge in [0.25, 0.3) is 0 Å². The highest BCUT2D eigenvalue weighted by Crippen LogP contribution is 2.12. The SMILES string of the molecule is CCOC(=O)Cc1cnnc2ncncc12. The number of rotatable bonds is 3. The molecule has 0 spiro atoms. The van der Waals surface area contributed by atoms with Crippen LogP contribution in [0.15, 0.2) is 18.7 Å². The van der Waals surface area contributed by atoms with Crippen LogP contribution in [0.3, 0.4) is 0 Å². The molecule has 2 heterocycles. The number of aromatic nitrogens is 4. The molecule has 0 saturated carbocycles. The van der Waals surface area contributed by atoms with Crippen LogP contribution >= 0.6 is 0 Å². The zero-order chi connectivity index (χ0) is 11.4. The first-order chi connectivity index (χ1) is 7.81. The molecule has 0 N–H and O–H groups in total. The van der Waals surface area contributed by atoms with Gasteiger partial charge in [0.1, 0.15) is 6.33 Å². The zero-order valence-corrected chi connectivity index (χ0v) is 8.75. The van der Waals surface area contributed by atoms with E-state index in [0.29, 0.717) is 12.3 Å². The summed E-state index contributed by atoms with van der Waals surface area (Å²) in [6, 6.07) is 0. The summed E-state index contributed by atoms with van der Waals surface area (Å²) >= 11 is 0. The molecule has 6 nitrogen and oxygen atoms in total. The van der Waals surface area contributed by atoms with Crippen molar-refractivity contribution in [3.8, 4) is 0 Å². The third-order valence-corrected chi connectivity index (χ3v) is 2.04. The summed E-state index contributed by atoms with van der Waals surface area (Å²) in [6.45, 7) is 2.13. The van der Waals surface area contributed by atoms with E-state index in [9.17, 15) is 4.79 Å². The number of fused-ring (bicyclic) bond motifs is 1. The fraction of sp³-hybridized carbons (Fsp3) is 0.300. The summed E-state index contributed by atoms with van der Waals surface area (Å²) in [5, 5.41) is 8.35. The Hall–Kier alpha value is -2.11. The smallest absolute Gasteiger partial charge is 0.310 e. The normalized spacial score (nSPS) is 10.3. The Morgan fingerprint density at radius 3 is 3.12 bits per heavy atom. The maximum Gasteiger partial charge on any atom is 0.310 e. The van der Waals surface area contributed by atoms with Gasteiger partial charge in [-0.1, -0.05) is 0 Å². The molecule has 0 amide bonds. The van der Waals surface area contributed by atoms with Crippen molar-refractivity contribution in [1.29, 1.82) is 0 Å². The largest absolute Gasteiger partial charge is 0.466 e. The second kappa shape index (κ2) is 4.61. The van der Waals surface area contributed by atoms with E-state index in [-0.39, 0.29) is 12.4 Å². The highest BCUT2D eigenvalue weighted by molar-refractivity contribution is 5.82. The Balaban J connectivity index is 2.33. The number of nitrogens with zero attached hydrogens (tertiary/aromatic N) is 4. The summed E-state index contributed by atoms with van der Waals surface area (Å²) in [5.74, 6) is -0.291. The molecule has 82 valence electrons. The Kier molecular flexibility index (Phi) is 3.00. The lowest BCUT2D eigenvalue weighted by molar-refractivity contribution is -0.142. The van der Waals surface area contributed by atoms with Crippen molar-refractivity contribution in [2.45, 2.75) is 13.3 Å². The topological polar surface area (TPSA) is 77.9 Å². The standard InChI is InChI=1S/C10H10N4O2/c1-2-16-9(15)3-7-4-13-14-10-8(7)5-11-6-12-10/h4-6H,2-3H2,1H3. The van der Waals surface area contributed by atoms with Crippen LogP contribution in [-0.2, 0) is 16.0 Å². The lowest BCUT2D eigenvalue weighted by atomic mass is 10.1. The second-order valence-electron chi connectivity index (χ2n) is 3.11. The molecule has 0 aliphatic rings. The van der Waals surface area contributed by atoms with Crippen LogP contribution in [0.4, 0.5) is 0 Å². The van der Waals surface area contributed by atoms with Crippen molar-refractivity contribution in [3.63, 3.8) is 0 Å². The van der Waals surface area contributed by atoms with Gasteiger partial charge in [0.15, 0.2) is 5.65 Å². The van der Waals surface area contributed by atoms with E-state index >= 15 is 0 Å². The molecule has 0 unspecified atom stereocenters. The van der Waals surface area contributed by atoms with Crippen molar-refractivity contribution >= 4 is 17.0 Å². The molecule has 0 bridgehead atoms. The zero-order valence-electron chi connectivity index (χ0n) is 8.75. The lowest BCUT2D eigenvalue weighted by Gasteiger charge is -2.03. The van der Waals surface area contributed by atoms with Crippen LogP contribution in [0.25, 0.3) is 11.0 Å². The number of carbonyl (C=O) groups excluding carboxylic acids is 1. The monoisotopic (exact) mass is 218 g/mol. The molecular formula is C10H10N4O2. The van der Waals surface area contributed by atoms with Crippen molar-refractivity contribution in [2.75, 3.05) is 6.61 Å². The van der Waals surface area contributed by atoms with E-state index in [1.807, 2.05) is 0 Å². The Morgan fingerprint density at radius 1 is 1.44 bits per heavy atom. The number of ether oxygens (including phenoxy) is 1. The molecule has 6 heteroatoms. The van der Waals surface area contributed by atoms with Gasteiger partial charge in [0.05, 0.1) is 19.2 Å². The average molecular weight is 218 g/mol. The summed E-state index contributed by atoms with van der Waals surface area (Å²) in [4.78, 5) is 19.2. The van der Waals surface area contributed by atoms with Crippen molar-refractivity contribution in [2.24, 2.45) is 0 Å². The van der Waals surface area contributed by atoms with Crippen molar-refractivity contribution in [3.05, 3.63) is 24.3 Å². The number of carbonyl (C=O) groups is 1. The fourth-order valence-electron chi connectivity index (χ4n) is 1.36. The minimum Gasteiger partial charge on any atom is -0.466 e. The first-order valence-electron chi connectivity index (χ1n) is 4.87. The van der Waals surface area contributed by atoms with Gasteiger partial charge in [-0.15, -0.1) is 5.10 Å². The number of hydrogen-bond donors (Lipinski definition) is 0. The molecule has 2 aromatic rings. The molecule has 0 atom stereocenters. The lowest BCUT2D eigenvalue weighted by Crippen LogP contribution is -2.08. The van der Waals surface area contributed by atoms with Gasteiger partial charge in [-0.25, -0.2) is 9.97 Å². The van der Waals surface area contributed by atoms with E-state index < -0.39 is 0 Å². The van der Waals surface area contributed by atoms with Gasteiger partial charge in [-0.3, -0.25) is 4.79 Å². The molecule has 2 rings (SSSR count). The summed E-state index contributed by atoms with van der Waals surface area (Å²) < 4.78 is 4.87. The highest BCUT2D eigenvalue weighted by atomic mass is 16.5. The molecule has 0 aliphatic carbocycles. The van der Waals surface area contributed by atoms with Crippen LogP contribution in [0, 0.1) is 0 Å². The number of esters is 1. The number of hydrogen-bond acceptors (Lipinski definition) is 6. The quantitative estimate of drug-likeness (QED) is 0.699. The molecule has 0 fully saturated rings. The Morgan fingerprint density at radius 2 is 2.31 bits per heavy atom. The summed E-state index contributed by atoms with van der Waals surface area (Å²) in [7, 11) is 0. The molecular weight excluding hydrogens is 208 g/mol. The van der Waals surface area contributed by atoms with E-state index in [2.05, 4.69) is 20.2 Å². The van der Waals surface area contributed by atoms with Gasteiger partial charge < -0.3 is 4.74 Å².